The fraction of sp³-hybridized carbons (Fsp3) is 0.647. The quantitative estimate of drug-likeness (QED) is 0.891. The fourth-order valence-corrected chi connectivity index (χ4v) is 4.49. The summed E-state index contributed by atoms with van der Waals surface area (Å²) in [5.74, 6) is 0.444. The van der Waals surface area contributed by atoms with Crippen molar-refractivity contribution in [2.24, 2.45) is 17.1 Å². The standard InChI is InChI=1S/C17H24FNO/c1-2-12-5-7-16(10-12,11-19)17(20)8-6-13-9-14(18)3-4-15(13)17/h3-4,9,12,20H,2,5-8,10-11,19H2,1H3. The zero-order chi connectivity index (χ0) is 14.4. The lowest BCUT2D eigenvalue weighted by molar-refractivity contribution is -0.0855. The van der Waals surface area contributed by atoms with Gasteiger partial charge in [-0.2, -0.15) is 0 Å². The van der Waals surface area contributed by atoms with Crippen LogP contribution in [0.1, 0.15) is 50.2 Å². The van der Waals surface area contributed by atoms with Gasteiger partial charge in [0, 0.05) is 12.0 Å². The summed E-state index contributed by atoms with van der Waals surface area (Å²) in [6, 6.07) is 4.81. The third-order valence-corrected chi connectivity index (χ3v) is 5.82. The van der Waals surface area contributed by atoms with Crippen LogP contribution in [0.15, 0.2) is 18.2 Å². The van der Waals surface area contributed by atoms with Crippen molar-refractivity contribution in [2.75, 3.05) is 6.54 Å². The van der Waals surface area contributed by atoms with Gasteiger partial charge in [-0.25, -0.2) is 4.39 Å². The number of halogens is 1. The zero-order valence-corrected chi connectivity index (χ0v) is 12.2. The highest BCUT2D eigenvalue weighted by Gasteiger charge is 2.56. The SMILES string of the molecule is CCC1CCC(CN)(C2(O)CCc3cc(F)ccc32)C1. The maximum atomic E-state index is 13.4. The third-order valence-electron chi connectivity index (χ3n) is 5.82. The summed E-state index contributed by atoms with van der Waals surface area (Å²) in [4.78, 5) is 0. The Kier molecular flexibility index (Phi) is 3.38. The molecule has 3 rings (SSSR count). The zero-order valence-electron chi connectivity index (χ0n) is 12.2. The largest absolute Gasteiger partial charge is 0.385 e. The van der Waals surface area contributed by atoms with Crippen LogP contribution in [0.4, 0.5) is 4.39 Å². The van der Waals surface area contributed by atoms with E-state index in [4.69, 9.17) is 5.73 Å². The molecule has 0 saturated heterocycles. The lowest BCUT2D eigenvalue weighted by Crippen LogP contribution is -2.47. The van der Waals surface area contributed by atoms with E-state index in [0.717, 1.165) is 43.2 Å². The summed E-state index contributed by atoms with van der Waals surface area (Å²) in [6.07, 6.45) is 5.70. The van der Waals surface area contributed by atoms with E-state index in [2.05, 4.69) is 6.92 Å². The van der Waals surface area contributed by atoms with Crippen molar-refractivity contribution in [1.29, 1.82) is 0 Å². The first-order valence-corrected chi connectivity index (χ1v) is 7.76. The van der Waals surface area contributed by atoms with Crippen molar-refractivity contribution in [3.63, 3.8) is 0 Å². The van der Waals surface area contributed by atoms with Crippen molar-refractivity contribution in [1.82, 2.24) is 0 Å². The lowest BCUT2D eigenvalue weighted by Gasteiger charge is -2.43. The molecule has 20 heavy (non-hydrogen) atoms. The number of benzene rings is 1. The van der Waals surface area contributed by atoms with Crippen LogP contribution < -0.4 is 5.73 Å². The van der Waals surface area contributed by atoms with Gasteiger partial charge < -0.3 is 10.8 Å². The van der Waals surface area contributed by atoms with Crippen molar-refractivity contribution in [2.45, 2.75) is 51.0 Å². The molecule has 1 aromatic rings. The first-order chi connectivity index (χ1) is 9.54. The average molecular weight is 277 g/mol. The monoisotopic (exact) mass is 277 g/mol. The molecule has 0 spiro atoms. The molecule has 1 saturated carbocycles. The topological polar surface area (TPSA) is 46.2 Å². The van der Waals surface area contributed by atoms with Crippen molar-refractivity contribution < 1.29 is 9.50 Å². The molecule has 0 bridgehead atoms. The van der Waals surface area contributed by atoms with Crippen LogP contribution in [0.25, 0.3) is 0 Å². The minimum atomic E-state index is -0.866. The predicted octanol–water partition coefficient (Wildman–Crippen LogP) is 3.11. The number of aryl methyl sites for hydroxylation is 1. The van der Waals surface area contributed by atoms with E-state index in [0.29, 0.717) is 18.9 Å². The Morgan fingerprint density at radius 3 is 2.85 bits per heavy atom. The van der Waals surface area contributed by atoms with Gasteiger partial charge in [0.15, 0.2) is 0 Å². The summed E-state index contributed by atoms with van der Waals surface area (Å²) >= 11 is 0. The molecule has 3 atom stereocenters. The number of rotatable bonds is 3. The second kappa shape index (κ2) is 4.81. The molecule has 2 nitrogen and oxygen atoms in total. The van der Waals surface area contributed by atoms with Crippen molar-refractivity contribution in [3.05, 3.63) is 35.1 Å². The summed E-state index contributed by atoms with van der Waals surface area (Å²) < 4.78 is 13.4. The van der Waals surface area contributed by atoms with Gasteiger partial charge in [0.25, 0.3) is 0 Å². The van der Waals surface area contributed by atoms with E-state index in [9.17, 15) is 9.50 Å². The molecule has 0 aliphatic heterocycles. The molecular formula is C17H24FNO. The number of aliphatic hydroxyl groups is 1. The number of hydrogen-bond donors (Lipinski definition) is 2. The second-order valence-corrected chi connectivity index (χ2v) is 6.66. The van der Waals surface area contributed by atoms with Crippen LogP contribution in [-0.4, -0.2) is 11.7 Å². The second-order valence-electron chi connectivity index (χ2n) is 6.66. The average Bonchev–Trinajstić information content (AvgIpc) is 3.02. The Morgan fingerprint density at radius 1 is 1.40 bits per heavy atom. The molecule has 0 heterocycles. The Bertz CT molecular complexity index is 518. The Balaban J connectivity index is 2.01. The van der Waals surface area contributed by atoms with E-state index in [1.54, 1.807) is 12.1 Å². The minimum absolute atomic E-state index is 0.215. The number of hydrogen-bond acceptors (Lipinski definition) is 2. The summed E-state index contributed by atoms with van der Waals surface area (Å²) in [7, 11) is 0. The number of fused-ring (bicyclic) bond motifs is 1. The first-order valence-electron chi connectivity index (χ1n) is 7.76. The van der Waals surface area contributed by atoms with Gasteiger partial charge in [0.2, 0.25) is 0 Å². The molecule has 2 aliphatic carbocycles. The maximum absolute atomic E-state index is 13.4. The molecule has 1 fully saturated rings. The molecule has 3 N–H and O–H groups in total. The molecule has 110 valence electrons. The normalized spacial score (nSPS) is 36.3. The van der Waals surface area contributed by atoms with Gasteiger partial charge >= 0.3 is 0 Å². The molecule has 3 heteroatoms. The molecule has 0 amide bonds. The molecule has 3 unspecified atom stereocenters. The molecular weight excluding hydrogens is 253 g/mol. The highest BCUT2D eigenvalue weighted by Crippen LogP contribution is 2.58. The highest BCUT2D eigenvalue weighted by atomic mass is 19.1. The smallest absolute Gasteiger partial charge is 0.123 e. The summed E-state index contributed by atoms with van der Waals surface area (Å²) in [6.45, 7) is 2.72. The van der Waals surface area contributed by atoms with Gasteiger partial charge in [-0.1, -0.05) is 19.4 Å². The highest BCUT2D eigenvalue weighted by molar-refractivity contribution is 5.40. The third kappa shape index (κ3) is 1.83. The van der Waals surface area contributed by atoms with Gasteiger partial charge in [-0.3, -0.25) is 0 Å². The van der Waals surface area contributed by atoms with E-state index in [1.807, 2.05) is 0 Å². The maximum Gasteiger partial charge on any atom is 0.123 e. The van der Waals surface area contributed by atoms with E-state index < -0.39 is 5.60 Å². The van der Waals surface area contributed by atoms with E-state index in [-0.39, 0.29) is 11.2 Å². The molecule has 2 aliphatic rings. The summed E-state index contributed by atoms with van der Waals surface area (Å²) in [5, 5.41) is 11.4. The molecule has 0 aromatic heterocycles. The van der Waals surface area contributed by atoms with Crippen LogP contribution >= 0.6 is 0 Å². The number of nitrogens with two attached hydrogens (primary N) is 1. The lowest BCUT2D eigenvalue weighted by atomic mass is 9.67. The first kappa shape index (κ1) is 14.0. The Morgan fingerprint density at radius 2 is 2.20 bits per heavy atom. The predicted molar refractivity (Wildman–Crippen MR) is 77.7 cm³/mol. The summed E-state index contributed by atoms with van der Waals surface area (Å²) in [5.41, 5.74) is 6.89. The van der Waals surface area contributed by atoms with E-state index in [1.165, 1.54) is 6.07 Å². The van der Waals surface area contributed by atoms with Crippen LogP contribution in [0, 0.1) is 17.2 Å². The van der Waals surface area contributed by atoms with Crippen LogP contribution in [0.5, 0.6) is 0 Å². The Labute approximate surface area is 120 Å². The Hall–Kier alpha value is -0.930. The van der Waals surface area contributed by atoms with Crippen LogP contribution in [-0.2, 0) is 12.0 Å². The van der Waals surface area contributed by atoms with Crippen molar-refractivity contribution in [3.8, 4) is 0 Å². The van der Waals surface area contributed by atoms with Crippen LogP contribution in [0.3, 0.4) is 0 Å². The van der Waals surface area contributed by atoms with Gasteiger partial charge in [-0.05, 0) is 61.3 Å². The van der Waals surface area contributed by atoms with Crippen LogP contribution in [0.2, 0.25) is 0 Å². The van der Waals surface area contributed by atoms with Crippen molar-refractivity contribution >= 4 is 0 Å². The van der Waals surface area contributed by atoms with E-state index >= 15 is 0 Å². The van der Waals surface area contributed by atoms with Gasteiger partial charge in [0.1, 0.15) is 5.82 Å². The van der Waals surface area contributed by atoms with Gasteiger partial charge in [-0.15, -0.1) is 0 Å². The fourth-order valence-electron chi connectivity index (χ4n) is 4.49. The van der Waals surface area contributed by atoms with Gasteiger partial charge in [0.05, 0.1) is 5.60 Å². The molecule has 0 radical (unpaired) electrons. The minimum Gasteiger partial charge on any atom is -0.385 e. The molecule has 1 aromatic carbocycles.